The molecule has 0 unspecified atom stereocenters. The van der Waals surface area contributed by atoms with Crippen molar-refractivity contribution < 1.29 is 4.79 Å². The highest BCUT2D eigenvalue weighted by Gasteiger charge is 2.28. The number of carbonyl (C=O) groups excluding carboxylic acids is 1. The van der Waals surface area contributed by atoms with Crippen LogP contribution in [-0.4, -0.2) is 32.7 Å². The Kier molecular flexibility index (Phi) is 5.73. The van der Waals surface area contributed by atoms with E-state index in [2.05, 4.69) is 24.3 Å². The van der Waals surface area contributed by atoms with E-state index >= 15 is 0 Å². The molecular weight excluding hydrogens is 282 g/mol. The zero-order valence-electron chi connectivity index (χ0n) is 13.6. The SMILES string of the molecule is CCS[C@H]1CCC[C@@H]1NC(=O)CCc1c(C)nn(C)c1C. The maximum Gasteiger partial charge on any atom is 0.220 e. The highest BCUT2D eigenvalue weighted by molar-refractivity contribution is 7.99. The van der Waals surface area contributed by atoms with Gasteiger partial charge in [0.15, 0.2) is 0 Å². The van der Waals surface area contributed by atoms with Gasteiger partial charge in [-0.3, -0.25) is 9.48 Å². The third kappa shape index (κ3) is 4.02. The van der Waals surface area contributed by atoms with Crippen LogP contribution in [-0.2, 0) is 18.3 Å². The molecule has 1 heterocycles. The van der Waals surface area contributed by atoms with Crippen molar-refractivity contribution in [1.29, 1.82) is 0 Å². The number of nitrogens with one attached hydrogen (secondary N) is 1. The van der Waals surface area contributed by atoms with Gasteiger partial charge < -0.3 is 5.32 Å². The number of rotatable bonds is 6. The van der Waals surface area contributed by atoms with Crippen LogP contribution >= 0.6 is 11.8 Å². The molecule has 21 heavy (non-hydrogen) atoms. The molecule has 0 radical (unpaired) electrons. The van der Waals surface area contributed by atoms with Gasteiger partial charge in [0, 0.05) is 30.5 Å². The summed E-state index contributed by atoms with van der Waals surface area (Å²) in [6, 6.07) is 0.374. The van der Waals surface area contributed by atoms with Crippen LogP contribution in [0.2, 0.25) is 0 Å². The Labute approximate surface area is 132 Å². The molecule has 0 aliphatic heterocycles. The highest BCUT2D eigenvalue weighted by Crippen LogP contribution is 2.29. The molecule has 4 nitrogen and oxygen atoms in total. The molecule has 1 amide bonds. The van der Waals surface area contributed by atoms with Gasteiger partial charge in [0.05, 0.1) is 5.69 Å². The summed E-state index contributed by atoms with van der Waals surface area (Å²) in [6.07, 6.45) is 4.96. The van der Waals surface area contributed by atoms with Gasteiger partial charge >= 0.3 is 0 Å². The molecule has 5 heteroatoms. The third-order valence-corrected chi connectivity index (χ3v) is 5.77. The topological polar surface area (TPSA) is 46.9 Å². The largest absolute Gasteiger partial charge is 0.352 e. The van der Waals surface area contributed by atoms with E-state index in [1.54, 1.807) is 0 Å². The van der Waals surface area contributed by atoms with Crippen LogP contribution in [0, 0.1) is 13.8 Å². The van der Waals surface area contributed by atoms with E-state index < -0.39 is 0 Å². The summed E-state index contributed by atoms with van der Waals surface area (Å²) in [7, 11) is 1.96. The number of hydrogen-bond donors (Lipinski definition) is 1. The second kappa shape index (κ2) is 7.34. The van der Waals surface area contributed by atoms with Gasteiger partial charge in [0.1, 0.15) is 0 Å². The van der Waals surface area contributed by atoms with Crippen LogP contribution in [0.15, 0.2) is 0 Å². The van der Waals surface area contributed by atoms with Crippen molar-refractivity contribution in [1.82, 2.24) is 15.1 Å². The Hall–Kier alpha value is -0.970. The molecule has 2 rings (SSSR count). The van der Waals surface area contributed by atoms with Gasteiger partial charge in [-0.1, -0.05) is 13.3 Å². The molecule has 118 valence electrons. The lowest BCUT2D eigenvalue weighted by Crippen LogP contribution is -2.38. The zero-order chi connectivity index (χ0) is 15.4. The summed E-state index contributed by atoms with van der Waals surface area (Å²) < 4.78 is 1.90. The summed E-state index contributed by atoms with van der Waals surface area (Å²) in [4.78, 5) is 12.2. The summed E-state index contributed by atoms with van der Waals surface area (Å²) in [5.74, 6) is 1.32. The van der Waals surface area contributed by atoms with Crippen molar-refractivity contribution in [3.05, 3.63) is 17.0 Å². The second-order valence-electron chi connectivity index (χ2n) is 5.87. The molecule has 2 atom stereocenters. The van der Waals surface area contributed by atoms with Crippen molar-refractivity contribution in [3.63, 3.8) is 0 Å². The monoisotopic (exact) mass is 309 g/mol. The Morgan fingerprint density at radius 1 is 1.43 bits per heavy atom. The van der Waals surface area contributed by atoms with Crippen molar-refractivity contribution in [2.24, 2.45) is 7.05 Å². The number of carbonyl (C=O) groups is 1. The van der Waals surface area contributed by atoms with Gasteiger partial charge in [-0.05, 0) is 44.4 Å². The molecule has 0 aromatic carbocycles. The predicted molar refractivity (Wildman–Crippen MR) is 88.7 cm³/mol. The van der Waals surface area contributed by atoms with E-state index in [4.69, 9.17) is 0 Å². The van der Waals surface area contributed by atoms with Crippen LogP contribution in [0.5, 0.6) is 0 Å². The molecule has 1 fully saturated rings. The normalized spacial score (nSPS) is 21.7. The first-order valence-electron chi connectivity index (χ1n) is 7.93. The van der Waals surface area contributed by atoms with E-state index in [9.17, 15) is 4.79 Å². The molecule has 1 saturated carbocycles. The minimum absolute atomic E-state index is 0.186. The van der Waals surface area contributed by atoms with Crippen LogP contribution < -0.4 is 5.32 Å². The van der Waals surface area contributed by atoms with Crippen LogP contribution in [0.4, 0.5) is 0 Å². The number of amides is 1. The lowest BCUT2D eigenvalue weighted by Gasteiger charge is -2.20. The minimum atomic E-state index is 0.186. The molecule has 0 spiro atoms. The zero-order valence-corrected chi connectivity index (χ0v) is 14.4. The molecule has 0 saturated heterocycles. The van der Waals surface area contributed by atoms with E-state index in [1.807, 2.05) is 30.4 Å². The summed E-state index contributed by atoms with van der Waals surface area (Å²) in [5.41, 5.74) is 3.43. The number of aryl methyl sites for hydroxylation is 2. The van der Waals surface area contributed by atoms with Crippen molar-refractivity contribution in [3.8, 4) is 0 Å². The molecule has 0 bridgehead atoms. The number of hydrogen-bond acceptors (Lipinski definition) is 3. The number of aromatic nitrogens is 2. The van der Waals surface area contributed by atoms with Gasteiger partial charge in [0.25, 0.3) is 0 Å². The van der Waals surface area contributed by atoms with Gasteiger partial charge in [-0.25, -0.2) is 0 Å². The summed E-state index contributed by atoms with van der Waals surface area (Å²) in [5, 5.41) is 8.26. The molecule has 1 aromatic rings. The first-order valence-corrected chi connectivity index (χ1v) is 8.97. The van der Waals surface area contributed by atoms with Crippen molar-refractivity contribution in [2.45, 2.75) is 64.2 Å². The first kappa shape index (κ1) is 16.4. The Bertz CT molecular complexity index is 498. The van der Waals surface area contributed by atoms with E-state index in [0.29, 0.717) is 17.7 Å². The van der Waals surface area contributed by atoms with Crippen LogP contribution in [0.25, 0.3) is 0 Å². The summed E-state index contributed by atoms with van der Waals surface area (Å²) >= 11 is 1.98. The fourth-order valence-electron chi connectivity index (χ4n) is 3.20. The van der Waals surface area contributed by atoms with Crippen molar-refractivity contribution in [2.75, 3.05) is 5.75 Å². The smallest absolute Gasteiger partial charge is 0.220 e. The molecule has 1 aliphatic carbocycles. The lowest BCUT2D eigenvalue weighted by molar-refractivity contribution is -0.121. The average molecular weight is 309 g/mol. The first-order chi connectivity index (χ1) is 10.0. The van der Waals surface area contributed by atoms with Gasteiger partial charge in [-0.15, -0.1) is 0 Å². The highest BCUT2D eigenvalue weighted by atomic mass is 32.2. The lowest BCUT2D eigenvalue weighted by atomic mass is 10.1. The predicted octanol–water partition coefficient (Wildman–Crippen LogP) is 2.76. The van der Waals surface area contributed by atoms with E-state index in [0.717, 1.165) is 24.3 Å². The Morgan fingerprint density at radius 2 is 2.19 bits per heavy atom. The van der Waals surface area contributed by atoms with E-state index in [-0.39, 0.29) is 5.91 Å². The van der Waals surface area contributed by atoms with E-state index in [1.165, 1.54) is 24.1 Å². The molecule has 1 aliphatic rings. The molecule has 1 aromatic heterocycles. The Morgan fingerprint density at radius 3 is 2.81 bits per heavy atom. The standard InChI is InChI=1S/C16H27N3OS/c1-5-21-15-8-6-7-14(15)17-16(20)10-9-13-11(2)18-19(4)12(13)3/h14-15H,5-10H2,1-4H3,(H,17,20)/t14-,15-/m0/s1. The Balaban J connectivity index is 1.85. The maximum atomic E-state index is 12.2. The van der Waals surface area contributed by atoms with Crippen LogP contribution in [0.1, 0.15) is 49.6 Å². The van der Waals surface area contributed by atoms with Crippen LogP contribution in [0.3, 0.4) is 0 Å². The summed E-state index contributed by atoms with van der Waals surface area (Å²) in [6.45, 7) is 6.28. The van der Waals surface area contributed by atoms with Gasteiger partial charge in [0.2, 0.25) is 5.91 Å². The molecule has 1 N–H and O–H groups in total. The van der Waals surface area contributed by atoms with Gasteiger partial charge in [-0.2, -0.15) is 16.9 Å². The fourth-order valence-corrected chi connectivity index (χ4v) is 4.40. The minimum Gasteiger partial charge on any atom is -0.352 e. The number of thioether (sulfide) groups is 1. The fraction of sp³-hybridized carbons (Fsp3) is 0.750. The quantitative estimate of drug-likeness (QED) is 0.879. The number of nitrogens with zero attached hydrogens (tertiary/aromatic N) is 2. The third-order valence-electron chi connectivity index (χ3n) is 4.44. The molecular formula is C16H27N3OS. The average Bonchev–Trinajstić information content (AvgIpc) is 2.95. The second-order valence-corrected chi connectivity index (χ2v) is 7.39. The maximum absolute atomic E-state index is 12.2. The van der Waals surface area contributed by atoms with Crippen molar-refractivity contribution >= 4 is 17.7 Å².